The van der Waals surface area contributed by atoms with Crippen molar-refractivity contribution >= 4 is 58.5 Å². The number of benzene rings is 4. The minimum atomic E-state index is -0.503. The van der Waals surface area contributed by atoms with Gasteiger partial charge in [-0.3, -0.25) is 19.2 Å². The lowest BCUT2D eigenvalue weighted by molar-refractivity contribution is -0.114. The smallest absolute Gasteiger partial charge is 0.272 e. The van der Waals surface area contributed by atoms with Crippen molar-refractivity contribution in [2.45, 2.75) is 11.8 Å². The fraction of sp³-hybridized carbons (Fsp3) is 0.0909. The Balaban J connectivity index is 1.37. The molecule has 0 fully saturated rings. The van der Waals surface area contributed by atoms with E-state index >= 15 is 0 Å². The first-order valence-electron chi connectivity index (χ1n) is 13.2. The molecule has 9 nitrogen and oxygen atoms in total. The molecule has 0 aliphatic rings. The van der Waals surface area contributed by atoms with E-state index in [4.69, 9.17) is 4.74 Å². The van der Waals surface area contributed by atoms with Gasteiger partial charge in [-0.15, -0.1) is 11.8 Å². The first kappa shape index (κ1) is 30.6. The van der Waals surface area contributed by atoms with E-state index in [1.54, 1.807) is 116 Å². The summed E-state index contributed by atoms with van der Waals surface area (Å²) in [5.41, 5.74) is 2.93. The summed E-state index contributed by atoms with van der Waals surface area (Å²) < 4.78 is 5.28. The van der Waals surface area contributed by atoms with Crippen LogP contribution in [-0.4, -0.2) is 36.5 Å². The van der Waals surface area contributed by atoms with E-state index in [1.807, 2.05) is 0 Å². The monoisotopic (exact) mass is 594 g/mol. The Morgan fingerprint density at radius 3 is 2.02 bits per heavy atom. The van der Waals surface area contributed by atoms with Crippen molar-refractivity contribution in [3.8, 4) is 5.75 Å². The molecule has 4 rings (SSSR count). The summed E-state index contributed by atoms with van der Waals surface area (Å²) >= 11 is 1.34. The molecule has 43 heavy (non-hydrogen) atoms. The lowest BCUT2D eigenvalue weighted by Gasteiger charge is -2.12. The highest BCUT2D eigenvalue weighted by Gasteiger charge is 2.15. The molecule has 0 spiro atoms. The number of carbonyl (C=O) groups excluding carboxylic acids is 4. The first-order valence-corrected chi connectivity index (χ1v) is 14.2. The maximum Gasteiger partial charge on any atom is 0.272 e. The molecule has 0 bridgehead atoms. The Kier molecular flexibility index (Phi) is 10.7. The van der Waals surface area contributed by atoms with Crippen LogP contribution < -0.4 is 26.0 Å². The van der Waals surface area contributed by atoms with Crippen LogP contribution in [-0.2, 0) is 14.4 Å². The predicted octanol–water partition coefficient (Wildman–Crippen LogP) is 5.79. The second-order valence-electron chi connectivity index (χ2n) is 9.23. The second-order valence-corrected chi connectivity index (χ2v) is 10.3. The van der Waals surface area contributed by atoms with Crippen molar-refractivity contribution in [1.29, 1.82) is 0 Å². The number of nitrogens with one attached hydrogen (secondary N) is 4. The first-order chi connectivity index (χ1) is 20.8. The fourth-order valence-corrected chi connectivity index (χ4v) is 4.56. The van der Waals surface area contributed by atoms with Crippen molar-refractivity contribution in [2.24, 2.45) is 0 Å². The van der Waals surface area contributed by atoms with Crippen molar-refractivity contribution in [3.63, 3.8) is 0 Å². The van der Waals surface area contributed by atoms with E-state index in [9.17, 15) is 19.2 Å². The largest absolute Gasteiger partial charge is 0.497 e. The van der Waals surface area contributed by atoms with E-state index in [0.717, 1.165) is 4.90 Å². The molecule has 10 heteroatoms. The molecule has 0 aliphatic carbocycles. The number of rotatable bonds is 11. The number of anilines is 3. The number of carbonyl (C=O) groups is 4. The van der Waals surface area contributed by atoms with Crippen LogP contribution in [0.5, 0.6) is 5.75 Å². The number of hydrogen-bond acceptors (Lipinski definition) is 6. The lowest BCUT2D eigenvalue weighted by Crippen LogP contribution is -2.30. The summed E-state index contributed by atoms with van der Waals surface area (Å²) in [6, 6.07) is 29.6. The second kappa shape index (κ2) is 15.0. The predicted molar refractivity (Wildman–Crippen MR) is 170 cm³/mol. The van der Waals surface area contributed by atoms with Crippen molar-refractivity contribution < 1.29 is 23.9 Å². The van der Waals surface area contributed by atoms with Crippen LogP contribution in [0, 0.1) is 0 Å². The molecule has 4 aromatic carbocycles. The maximum absolute atomic E-state index is 13.3. The minimum absolute atomic E-state index is 0.0577. The molecule has 0 saturated carbocycles. The molecule has 0 saturated heterocycles. The SMILES string of the molecule is COc1cccc(/C=C(\NC(=O)c2ccccc2)C(=O)Nc2ccc(SCC(=O)Nc3ccc(NC(C)=O)cc3)cc2)c1. The fourth-order valence-electron chi connectivity index (χ4n) is 3.86. The van der Waals surface area contributed by atoms with Crippen molar-refractivity contribution in [1.82, 2.24) is 5.32 Å². The van der Waals surface area contributed by atoms with Gasteiger partial charge in [-0.25, -0.2) is 0 Å². The normalized spacial score (nSPS) is 10.8. The molecule has 0 aliphatic heterocycles. The Hall–Kier alpha value is -5.35. The van der Waals surface area contributed by atoms with Gasteiger partial charge in [0, 0.05) is 34.4 Å². The van der Waals surface area contributed by atoms with Crippen molar-refractivity contribution in [3.05, 3.63) is 120 Å². The van der Waals surface area contributed by atoms with Crippen LogP contribution in [0.25, 0.3) is 6.08 Å². The van der Waals surface area contributed by atoms with Gasteiger partial charge in [-0.1, -0.05) is 30.3 Å². The lowest BCUT2D eigenvalue weighted by atomic mass is 10.1. The zero-order valence-corrected chi connectivity index (χ0v) is 24.4. The van der Waals surface area contributed by atoms with Gasteiger partial charge in [0.1, 0.15) is 11.4 Å². The summed E-state index contributed by atoms with van der Waals surface area (Å²) in [4.78, 5) is 50.5. The standard InChI is InChI=1S/C33H30N4O5S/c1-22(38)34-25-11-13-26(14-12-25)35-31(39)21-43-29-17-15-27(16-18-29)36-33(41)30(20-23-7-6-10-28(19-23)42-2)37-32(40)24-8-4-3-5-9-24/h3-20H,21H2,1-2H3,(H,34,38)(H,35,39)(H,36,41)(H,37,40)/b30-20-. The highest BCUT2D eigenvalue weighted by atomic mass is 32.2. The third-order valence-corrected chi connectivity index (χ3v) is 6.92. The van der Waals surface area contributed by atoms with Crippen LogP contribution in [0.15, 0.2) is 114 Å². The van der Waals surface area contributed by atoms with Crippen molar-refractivity contribution in [2.75, 3.05) is 28.8 Å². The molecule has 218 valence electrons. The quantitative estimate of drug-likeness (QED) is 0.129. The Morgan fingerprint density at radius 1 is 0.744 bits per heavy atom. The van der Waals surface area contributed by atoms with E-state index in [2.05, 4.69) is 21.3 Å². The Bertz CT molecular complexity index is 1620. The zero-order chi connectivity index (χ0) is 30.6. The van der Waals surface area contributed by atoms with Gasteiger partial charge in [-0.2, -0.15) is 0 Å². The summed E-state index contributed by atoms with van der Waals surface area (Å²) in [5, 5.41) is 11.0. The summed E-state index contributed by atoms with van der Waals surface area (Å²) in [7, 11) is 1.55. The van der Waals surface area contributed by atoms with Gasteiger partial charge in [0.15, 0.2) is 0 Å². The van der Waals surface area contributed by atoms with Gasteiger partial charge in [0.2, 0.25) is 11.8 Å². The van der Waals surface area contributed by atoms with Crippen LogP contribution in [0.1, 0.15) is 22.8 Å². The van der Waals surface area contributed by atoms with Gasteiger partial charge in [0.25, 0.3) is 11.8 Å². The topological polar surface area (TPSA) is 126 Å². The molecular weight excluding hydrogens is 564 g/mol. The third kappa shape index (κ3) is 9.61. The number of ether oxygens (including phenoxy) is 1. The third-order valence-electron chi connectivity index (χ3n) is 5.90. The average Bonchev–Trinajstić information content (AvgIpc) is 3.01. The van der Waals surface area contributed by atoms with E-state index < -0.39 is 11.8 Å². The number of thioether (sulfide) groups is 1. The summed E-state index contributed by atoms with van der Waals surface area (Å²) in [6.45, 7) is 1.43. The van der Waals surface area contributed by atoms with Crippen LogP contribution >= 0.6 is 11.8 Å². The number of hydrogen-bond donors (Lipinski definition) is 4. The number of methoxy groups -OCH3 is 1. The van der Waals surface area contributed by atoms with Crippen LogP contribution in [0.2, 0.25) is 0 Å². The Labute approximate surface area is 253 Å². The molecule has 0 radical (unpaired) electrons. The van der Waals surface area contributed by atoms with E-state index in [1.165, 1.54) is 18.7 Å². The minimum Gasteiger partial charge on any atom is -0.497 e. The average molecular weight is 595 g/mol. The Morgan fingerprint density at radius 2 is 1.37 bits per heavy atom. The van der Waals surface area contributed by atoms with E-state index in [-0.39, 0.29) is 23.3 Å². The molecule has 0 unspecified atom stereocenters. The van der Waals surface area contributed by atoms with Crippen LogP contribution in [0.3, 0.4) is 0 Å². The van der Waals surface area contributed by atoms with E-state index in [0.29, 0.717) is 33.9 Å². The van der Waals surface area contributed by atoms with Gasteiger partial charge in [0.05, 0.1) is 12.9 Å². The maximum atomic E-state index is 13.3. The molecular formula is C33H30N4O5S. The summed E-state index contributed by atoms with van der Waals surface area (Å²) in [6.07, 6.45) is 1.58. The van der Waals surface area contributed by atoms with Gasteiger partial charge in [-0.05, 0) is 84.4 Å². The zero-order valence-electron chi connectivity index (χ0n) is 23.5. The van der Waals surface area contributed by atoms with Gasteiger partial charge >= 0.3 is 0 Å². The highest BCUT2D eigenvalue weighted by molar-refractivity contribution is 8.00. The molecule has 4 aromatic rings. The molecule has 0 aromatic heterocycles. The highest BCUT2D eigenvalue weighted by Crippen LogP contribution is 2.22. The van der Waals surface area contributed by atoms with Crippen LogP contribution in [0.4, 0.5) is 17.1 Å². The molecule has 4 amide bonds. The van der Waals surface area contributed by atoms with Gasteiger partial charge < -0.3 is 26.0 Å². The molecule has 0 atom stereocenters. The molecule has 4 N–H and O–H groups in total. The molecule has 0 heterocycles. The number of amides is 4. The summed E-state index contributed by atoms with van der Waals surface area (Å²) in [5.74, 6) is -0.479.